The van der Waals surface area contributed by atoms with Crippen molar-refractivity contribution < 1.29 is 9.59 Å². The summed E-state index contributed by atoms with van der Waals surface area (Å²) in [4.78, 5) is 26.6. The van der Waals surface area contributed by atoms with Gasteiger partial charge in [0.05, 0.1) is 22.8 Å². The van der Waals surface area contributed by atoms with Crippen molar-refractivity contribution >= 4 is 17.4 Å². The van der Waals surface area contributed by atoms with Crippen LogP contribution in [0.3, 0.4) is 0 Å². The Morgan fingerprint density at radius 2 is 1.88 bits per heavy atom. The number of aromatic nitrogens is 3. The first-order valence-electron chi connectivity index (χ1n) is 7.59. The molecule has 3 rings (SSSR count). The number of aryl methyl sites for hydroxylation is 1. The maximum Gasteiger partial charge on any atom is 0.272 e. The van der Waals surface area contributed by atoms with Crippen molar-refractivity contribution in [3.05, 3.63) is 65.2 Å². The van der Waals surface area contributed by atoms with Crippen molar-refractivity contribution in [1.82, 2.24) is 14.8 Å². The minimum Gasteiger partial charge on any atom is -0.356 e. The minimum atomic E-state index is -0.304. The first kappa shape index (κ1) is 15.7. The molecule has 0 spiro atoms. The van der Waals surface area contributed by atoms with E-state index in [-0.39, 0.29) is 11.7 Å². The van der Waals surface area contributed by atoms with Gasteiger partial charge in [-0.3, -0.25) is 9.59 Å². The number of anilines is 1. The molecule has 2 heterocycles. The second-order valence-electron chi connectivity index (χ2n) is 5.61. The Morgan fingerprint density at radius 3 is 2.50 bits per heavy atom. The summed E-state index contributed by atoms with van der Waals surface area (Å²) < 4.78 is 1.79. The first-order valence-corrected chi connectivity index (χ1v) is 7.59. The van der Waals surface area contributed by atoms with E-state index < -0.39 is 0 Å². The van der Waals surface area contributed by atoms with Gasteiger partial charge in [0.25, 0.3) is 5.91 Å². The molecule has 1 amide bonds. The molecule has 122 valence electrons. The highest BCUT2D eigenvalue weighted by Gasteiger charge is 2.17. The molecule has 0 saturated heterocycles. The van der Waals surface area contributed by atoms with Crippen molar-refractivity contribution in [3.8, 4) is 5.69 Å². The van der Waals surface area contributed by atoms with E-state index in [1.165, 1.54) is 13.1 Å². The van der Waals surface area contributed by atoms with Crippen molar-refractivity contribution in [2.45, 2.75) is 20.8 Å². The molecular weight excluding hydrogens is 304 g/mol. The molecule has 24 heavy (non-hydrogen) atoms. The lowest BCUT2D eigenvalue weighted by Gasteiger charge is -2.06. The molecule has 0 bridgehead atoms. The van der Waals surface area contributed by atoms with Crippen LogP contribution in [-0.4, -0.2) is 26.5 Å². The van der Waals surface area contributed by atoms with E-state index in [1.807, 2.05) is 44.2 Å². The largest absolute Gasteiger partial charge is 0.356 e. The quantitative estimate of drug-likeness (QED) is 0.723. The van der Waals surface area contributed by atoms with Crippen molar-refractivity contribution in [2.75, 3.05) is 5.32 Å². The van der Waals surface area contributed by atoms with E-state index in [0.717, 1.165) is 17.1 Å². The zero-order chi connectivity index (χ0) is 17.3. The zero-order valence-corrected chi connectivity index (χ0v) is 13.8. The van der Waals surface area contributed by atoms with Gasteiger partial charge in [-0.1, -0.05) is 18.2 Å². The number of H-pyrrole nitrogens is 1. The van der Waals surface area contributed by atoms with Crippen LogP contribution >= 0.6 is 0 Å². The Kier molecular flexibility index (Phi) is 4.04. The van der Waals surface area contributed by atoms with Crippen LogP contribution in [0.1, 0.15) is 39.2 Å². The number of benzene rings is 1. The van der Waals surface area contributed by atoms with Crippen molar-refractivity contribution in [2.24, 2.45) is 0 Å². The van der Waals surface area contributed by atoms with Crippen LogP contribution in [0, 0.1) is 13.8 Å². The number of carbonyl (C=O) groups excluding carboxylic acids is 2. The molecule has 0 aliphatic heterocycles. The van der Waals surface area contributed by atoms with Crippen LogP contribution in [0.5, 0.6) is 0 Å². The summed E-state index contributed by atoms with van der Waals surface area (Å²) >= 11 is 0. The average Bonchev–Trinajstić information content (AvgIpc) is 3.16. The predicted molar refractivity (Wildman–Crippen MR) is 91.8 cm³/mol. The molecule has 6 nitrogen and oxygen atoms in total. The molecule has 0 aliphatic carbocycles. The molecule has 3 aromatic rings. The van der Waals surface area contributed by atoms with Crippen LogP contribution in [-0.2, 0) is 0 Å². The molecule has 0 aliphatic rings. The number of para-hydroxylation sites is 1. The van der Waals surface area contributed by atoms with Gasteiger partial charge < -0.3 is 10.3 Å². The fourth-order valence-corrected chi connectivity index (χ4v) is 2.55. The Morgan fingerprint density at radius 1 is 1.17 bits per heavy atom. The average molecular weight is 322 g/mol. The summed E-state index contributed by atoms with van der Waals surface area (Å²) in [7, 11) is 0. The summed E-state index contributed by atoms with van der Waals surface area (Å²) in [5.41, 5.74) is 3.98. The van der Waals surface area contributed by atoms with Gasteiger partial charge in [0.2, 0.25) is 0 Å². The summed E-state index contributed by atoms with van der Waals surface area (Å²) in [6.45, 7) is 5.21. The molecular formula is C18H18N4O2. The Labute approximate surface area is 139 Å². The normalized spacial score (nSPS) is 10.6. The summed E-state index contributed by atoms with van der Waals surface area (Å²) in [6.07, 6.45) is 1.53. The van der Waals surface area contributed by atoms with Gasteiger partial charge in [0.1, 0.15) is 5.69 Å². The van der Waals surface area contributed by atoms with E-state index in [1.54, 1.807) is 10.7 Å². The SMILES string of the molecule is CC(=O)c1c[nH]c(C(=O)Nc2c(C)nn(-c3ccccc3)c2C)c1. The van der Waals surface area contributed by atoms with Crippen LogP contribution in [0.2, 0.25) is 0 Å². The molecule has 1 aromatic carbocycles. The Hall–Kier alpha value is -3.15. The van der Waals surface area contributed by atoms with E-state index >= 15 is 0 Å². The van der Waals surface area contributed by atoms with Crippen molar-refractivity contribution in [1.29, 1.82) is 0 Å². The highest BCUT2D eigenvalue weighted by atomic mass is 16.2. The third-order valence-electron chi connectivity index (χ3n) is 3.86. The van der Waals surface area contributed by atoms with Crippen molar-refractivity contribution in [3.63, 3.8) is 0 Å². The smallest absolute Gasteiger partial charge is 0.272 e. The predicted octanol–water partition coefficient (Wildman–Crippen LogP) is 3.27. The molecule has 2 aromatic heterocycles. The lowest BCUT2D eigenvalue weighted by atomic mass is 10.2. The zero-order valence-electron chi connectivity index (χ0n) is 13.8. The molecule has 0 saturated carbocycles. The number of nitrogens with zero attached hydrogens (tertiary/aromatic N) is 2. The van der Waals surface area contributed by atoms with Gasteiger partial charge in [-0.15, -0.1) is 0 Å². The topological polar surface area (TPSA) is 79.8 Å². The van der Waals surface area contributed by atoms with E-state index in [9.17, 15) is 9.59 Å². The van der Waals surface area contributed by atoms with Gasteiger partial charge in [-0.05, 0) is 39.0 Å². The standard InChI is InChI=1S/C18H18N4O2/c1-11-17(12(2)22(21-11)15-7-5-4-6-8-15)20-18(24)16-9-14(10-19-16)13(3)23/h4-10,19H,1-3H3,(H,20,24). The molecule has 0 radical (unpaired) electrons. The molecule has 0 fully saturated rings. The number of hydrogen-bond acceptors (Lipinski definition) is 3. The third kappa shape index (κ3) is 2.86. The maximum absolute atomic E-state index is 12.4. The number of aromatic amines is 1. The van der Waals surface area contributed by atoms with Gasteiger partial charge >= 0.3 is 0 Å². The van der Waals surface area contributed by atoms with Crippen LogP contribution in [0.25, 0.3) is 5.69 Å². The number of Topliss-reactive ketones (excluding diaryl/α,β-unsaturated/α-hetero) is 1. The minimum absolute atomic E-state index is 0.0884. The fourth-order valence-electron chi connectivity index (χ4n) is 2.55. The molecule has 2 N–H and O–H groups in total. The Balaban J connectivity index is 1.89. The Bertz CT molecular complexity index is 907. The second kappa shape index (κ2) is 6.16. The number of amides is 1. The number of nitrogens with one attached hydrogen (secondary N) is 2. The van der Waals surface area contributed by atoms with Crippen LogP contribution in [0.15, 0.2) is 42.6 Å². The van der Waals surface area contributed by atoms with E-state index in [0.29, 0.717) is 16.9 Å². The van der Waals surface area contributed by atoms with Crippen LogP contribution < -0.4 is 5.32 Å². The maximum atomic E-state index is 12.4. The highest BCUT2D eigenvalue weighted by Crippen LogP contribution is 2.23. The summed E-state index contributed by atoms with van der Waals surface area (Å²) in [5, 5.41) is 7.37. The van der Waals surface area contributed by atoms with Gasteiger partial charge in [-0.25, -0.2) is 4.68 Å². The van der Waals surface area contributed by atoms with Gasteiger partial charge in [0, 0.05) is 11.8 Å². The summed E-state index contributed by atoms with van der Waals surface area (Å²) in [6, 6.07) is 11.3. The van der Waals surface area contributed by atoms with Gasteiger partial charge in [0.15, 0.2) is 5.78 Å². The monoisotopic (exact) mass is 322 g/mol. The molecule has 6 heteroatoms. The number of carbonyl (C=O) groups is 2. The first-order chi connectivity index (χ1) is 11.5. The number of rotatable bonds is 4. The number of hydrogen-bond donors (Lipinski definition) is 2. The summed E-state index contributed by atoms with van der Waals surface area (Å²) in [5.74, 6) is -0.393. The lowest BCUT2D eigenvalue weighted by Crippen LogP contribution is -2.13. The van der Waals surface area contributed by atoms with Crippen LogP contribution in [0.4, 0.5) is 5.69 Å². The number of ketones is 1. The third-order valence-corrected chi connectivity index (χ3v) is 3.86. The van der Waals surface area contributed by atoms with Gasteiger partial charge in [-0.2, -0.15) is 5.10 Å². The lowest BCUT2D eigenvalue weighted by molar-refractivity contribution is 0.101. The van der Waals surface area contributed by atoms with E-state index in [2.05, 4.69) is 15.4 Å². The fraction of sp³-hybridized carbons (Fsp3) is 0.167. The van der Waals surface area contributed by atoms with E-state index in [4.69, 9.17) is 0 Å². The highest BCUT2D eigenvalue weighted by molar-refractivity contribution is 6.05. The second-order valence-corrected chi connectivity index (χ2v) is 5.61. The molecule has 0 unspecified atom stereocenters. The molecule has 0 atom stereocenters.